The van der Waals surface area contributed by atoms with E-state index in [9.17, 15) is 23.1 Å². The first-order valence-corrected chi connectivity index (χ1v) is 19.2. The van der Waals surface area contributed by atoms with Gasteiger partial charge >= 0.3 is 12.1 Å². The second-order valence-electron chi connectivity index (χ2n) is 13.9. The quantitative estimate of drug-likeness (QED) is 0.104. The van der Waals surface area contributed by atoms with Crippen molar-refractivity contribution in [3.8, 4) is 16.9 Å². The minimum atomic E-state index is -4.01. The van der Waals surface area contributed by atoms with Crippen molar-refractivity contribution in [1.29, 1.82) is 0 Å². The number of aliphatic imine (C=N–C) groups is 1. The molecule has 51 heavy (non-hydrogen) atoms. The van der Waals surface area contributed by atoms with Gasteiger partial charge in [-0.1, -0.05) is 48.5 Å². The molecule has 2 aliphatic rings. The van der Waals surface area contributed by atoms with E-state index < -0.39 is 33.7 Å². The van der Waals surface area contributed by atoms with Crippen LogP contribution in [0.4, 0.5) is 4.79 Å². The summed E-state index contributed by atoms with van der Waals surface area (Å²) in [6.45, 7) is 14.8. The summed E-state index contributed by atoms with van der Waals surface area (Å²) in [6.07, 6.45) is 0.892. The van der Waals surface area contributed by atoms with Gasteiger partial charge in [0.25, 0.3) is 10.0 Å². The number of carbonyl (C=O) groups is 2. The van der Waals surface area contributed by atoms with Crippen molar-refractivity contribution in [3.05, 3.63) is 81.9 Å². The second-order valence-corrected chi connectivity index (χ2v) is 15.5. The van der Waals surface area contributed by atoms with Gasteiger partial charge in [-0.05, 0) is 107 Å². The molecule has 3 N–H and O–H groups in total. The smallest absolute Gasteiger partial charge is 0.407 e. The molecule has 0 unspecified atom stereocenters. The highest BCUT2D eigenvalue weighted by Gasteiger charge is 2.37. The Bertz CT molecular complexity index is 1890. The van der Waals surface area contributed by atoms with Crippen molar-refractivity contribution in [2.24, 2.45) is 4.99 Å². The van der Waals surface area contributed by atoms with Crippen LogP contribution in [-0.2, 0) is 26.0 Å². The maximum absolute atomic E-state index is 14.0. The molecule has 11 nitrogen and oxygen atoms in total. The lowest BCUT2D eigenvalue weighted by molar-refractivity contribution is -0.139. The number of carboxylic acids is 1. The number of guanidine groups is 1. The molecule has 0 radical (unpaired) electrons. The van der Waals surface area contributed by atoms with Crippen molar-refractivity contribution < 1.29 is 32.6 Å². The first-order valence-electron chi connectivity index (χ1n) is 17.7. The van der Waals surface area contributed by atoms with Gasteiger partial charge in [0, 0.05) is 37.5 Å². The molecule has 0 spiro atoms. The third-order valence-corrected chi connectivity index (χ3v) is 11.5. The third-order valence-electron chi connectivity index (χ3n) is 9.95. The molecule has 0 saturated heterocycles. The molecule has 1 aliphatic carbocycles. The lowest BCUT2D eigenvalue weighted by atomic mass is 9.94. The summed E-state index contributed by atoms with van der Waals surface area (Å²) in [5, 5.41) is 12.3. The minimum Gasteiger partial charge on any atom is -0.487 e. The van der Waals surface area contributed by atoms with Gasteiger partial charge in [0.05, 0.1) is 4.90 Å². The van der Waals surface area contributed by atoms with Gasteiger partial charge in [-0.3, -0.25) is 4.99 Å². The van der Waals surface area contributed by atoms with Gasteiger partial charge in [-0.25, -0.2) is 22.7 Å². The Balaban J connectivity index is 1.19. The zero-order valence-electron chi connectivity index (χ0n) is 30.6. The Hall–Kier alpha value is -4.58. The Morgan fingerprint density at radius 2 is 1.59 bits per heavy atom. The van der Waals surface area contributed by atoms with Gasteiger partial charge in [0.2, 0.25) is 5.96 Å². The molecule has 3 aromatic carbocycles. The average molecular weight is 719 g/mol. The summed E-state index contributed by atoms with van der Waals surface area (Å²) in [5.41, 5.74) is 6.96. The molecule has 0 saturated carbocycles. The van der Waals surface area contributed by atoms with E-state index in [2.05, 4.69) is 15.0 Å². The fourth-order valence-corrected chi connectivity index (χ4v) is 8.84. The van der Waals surface area contributed by atoms with Gasteiger partial charge in [-0.2, -0.15) is 0 Å². The van der Waals surface area contributed by atoms with Crippen LogP contribution in [0.1, 0.15) is 86.3 Å². The SMILES string of the molecule is CCN(CC)C(=NCCCC[C@H](NC(=O)OCC1c2ccccc2-c2ccccc21)C(=O)O)NS(=O)(=O)c1c(C)c(C)c2c(c1C)CC(C)(C)O2. The van der Waals surface area contributed by atoms with Crippen molar-refractivity contribution in [2.45, 2.75) is 96.6 Å². The Kier molecular flexibility index (Phi) is 11.3. The zero-order valence-corrected chi connectivity index (χ0v) is 31.4. The van der Waals surface area contributed by atoms with Crippen LogP contribution < -0.4 is 14.8 Å². The van der Waals surface area contributed by atoms with E-state index in [4.69, 9.17) is 9.47 Å². The van der Waals surface area contributed by atoms with E-state index >= 15 is 0 Å². The minimum absolute atomic E-state index is 0.0841. The summed E-state index contributed by atoms with van der Waals surface area (Å²) in [6, 6.07) is 14.9. The summed E-state index contributed by atoms with van der Waals surface area (Å²) < 4.78 is 42.4. The molecule has 1 atom stereocenters. The van der Waals surface area contributed by atoms with E-state index in [1.807, 2.05) is 95.0 Å². The van der Waals surface area contributed by atoms with Crippen LogP contribution in [-0.4, -0.2) is 74.3 Å². The average Bonchev–Trinajstić information content (AvgIpc) is 3.59. The molecule has 1 heterocycles. The summed E-state index contributed by atoms with van der Waals surface area (Å²) in [4.78, 5) is 31.5. The molecular formula is C39H50N4O7S. The van der Waals surface area contributed by atoms with Gasteiger partial charge < -0.3 is 24.8 Å². The Labute approximate surface area is 301 Å². The number of nitrogens with zero attached hydrogens (tertiary/aromatic N) is 2. The zero-order chi connectivity index (χ0) is 37.1. The van der Waals surface area contributed by atoms with Crippen LogP contribution in [0.2, 0.25) is 0 Å². The number of carboxylic acid groups (broad SMARTS) is 1. The number of fused-ring (bicyclic) bond motifs is 4. The number of rotatable bonds is 13. The number of unbranched alkanes of at least 4 members (excludes halogenated alkanes) is 1. The molecular weight excluding hydrogens is 669 g/mol. The normalized spacial score (nSPS) is 15.3. The van der Waals surface area contributed by atoms with Crippen LogP contribution >= 0.6 is 0 Å². The molecule has 0 fully saturated rings. The summed E-state index contributed by atoms with van der Waals surface area (Å²) in [7, 11) is -4.01. The number of amides is 1. The predicted octanol–water partition coefficient (Wildman–Crippen LogP) is 6.46. The summed E-state index contributed by atoms with van der Waals surface area (Å²) in [5.74, 6) is -0.297. The van der Waals surface area contributed by atoms with E-state index in [0.29, 0.717) is 43.5 Å². The molecule has 274 valence electrons. The van der Waals surface area contributed by atoms with E-state index in [0.717, 1.165) is 39.1 Å². The van der Waals surface area contributed by atoms with E-state index in [1.165, 1.54) is 0 Å². The maximum atomic E-state index is 14.0. The number of ether oxygens (including phenoxy) is 2. The van der Waals surface area contributed by atoms with Crippen LogP contribution in [0.25, 0.3) is 11.1 Å². The number of alkyl carbamates (subject to hydrolysis) is 1. The molecule has 0 aromatic heterocycles. The number of hydrogen-bond donors (Lipinski definition) is 3. The second kappa shape index (κ2) is 15.3. The largest absolute Gasteiger partial charge is 0.487 e. The van der Waals surface area contributed by atoms with Crippen LogP contribution in [0.15, 0.2) is 58.4 Å². The number of benzene rings is 3. The van der Waals surface area contributed by atoms with Crippen molar-refractivity contribution >= 4 is 28.0 Å². The number of carbonyl (C=O) groups excluding carboxylic acids is 1. The highest BCUT2D eigenvalue weighted by atomic mass is 32.2. The van der Waals surface area contributed by atoms with E-state index in [1.54, 1.807) is 6.92 Å². The molecule has 3 aromatic rings. The number of sulfonamides is 1. The number of nitrogens with one attached hydrogen (secondary N) is 2. The highest BCUT2D eigenvalue weighted by molar-refractivity contribution is 7.90. The van der Waals surface area contributed by atoms with Crippen LogP contribution in [0, 0.1) is 20.8 Å². The summed E-state index contributed by atoms with van der Waals surface area (Å²) >= 11 is 0. The molecule has 12 heteroatoms. The third kappa shape index (κ3) is 8.01. The Morgan fingerprint density at radius 1 is 0.980 bits per heavy atom. The van der Waals surface area contributed by atoms with Crippen molar-refractivity contribution in [1.82, 2.24) is 14.9 Å². The fourth-order valence-electron chi connectivity index (χ4n) is 7.22. The standard InChI is InChI=1S/C39H50N4O7S/c1-8-43(9-2)37(42-51(47,48)35-25(4)24(3)34-31(26(35)5)22-39(6,7)50-34)40-21-15-14-20-33(36(44)45)41-38(46)49-23-32-29-18-12-10-16-27(29)28-17-11-13-19-30(28)32/h10-13,16-19,32-33H,8-9,14-15,20-23H2,1-7H3,(H,40,42)(H,41,46)(H,44,45)/t33-/m0/s1. The predicted molar refractivity (Wildman–Crippen MR) is 198 cm³/mol. The Morgan fingerprint density at radius 3 is 2.18 bits per heavy atom. The fraction of sp³-hybridized carbons (Fsp3) is 0.462. The monoisotopic (exact) mass is 718 g/mol. The van der Waals surface area contributed by atoms with E-state index in [-0.39, 0.29) is 36.3 Å². The van der Waals surface area contributed by atoms with Gasteiger partial charge in [-0.15, -0.1) is 0 Å². The first-order chi connectivity index (χ1) is 24.2. The van der Waals surface area contributed by atoms with Crippen LogP contribution in [0.3, 0.4) is 0 Å². The highest BCUT2D eigenvalue weighted by Crippen LogP contribution is 2.45. The number of hydrogen-bond acceptors (Lipinski definition) is 7. The number of aliphatic carboxylic acids is 1. The molecule has 5 rings (SSSR count). The maximum Gasteiger partial charge on any atom is 0.407 e. The van der Waals surface area contributed by atoms with Gasteiger partial charge in [0.1, 0.15) is 24.0 Å². The topological polar surface area (TPSA) is 147 Å². The molecule has 1 aliphatic heterocycles. The van der Waals surface area contributed by atoms with Crippen molar-refractivity contribution in [2.75, 3.05) is 26.2 Å². The van der Waals surface area contributed by atoms with Crippen molar-refractivity contribution in [3.63, 3.8) is 0 Å². The van der Waals surface area contributed by atoms with Crippen LogP contribution in [0.5, 0.6) is 5.75 Å². The van der Waals surface area contributed by atoms with Gasteiger partial charge in [0.15, 0.2) is 0 Å². The molecule has 0 bridgehead atoms. The lowest BCUT2D eigenvalue weighted by Crippen LogP contribution is -2.44. The lowest BCUT2D eigenvalue weighted by Gasteiger charge is -2.25. The molecule has 1 amide bonds. The first kappa shape index (κ1) is 37.7.